The van der Waals surface area contributed by atoms with Gasteiger partial charge in [-0.25, -0.2) is 4.98 Å². The molecule has 1 atom stereocenters. The zero-order valence-electron chi connectivity index (χ0n) is 11.0. The third-order valence-corrected chi connectivity index (χ3v) is 3.99. The summed E-state index contributed by atoms with van der Waals surface area (Å²) in [6.45, 7) is 1.95. The standard InChI is InChI=1S/C15H14N2O2S/c1-10(9-11-5-4-8-19-11)16-14(18)15-17-12-6-2-3-7-13(12)20-15/h2-8,10H,9H2,1H3,(H,16,18)/t10-/m0/s1. The number of furan rings is 1. The van der Waals surface area contributed by atoms with Crippen molar-refractivity contribution in [3.8, 4) is 0 Å². The van der Waals surface area contributed by atoms with E-state index in [1.54, 1.807) is 6.26 Å². The van der Waals surface area contributed by atoms with Gasteiger partial charge in [0.15, 0.2) is 5.01 Å². The van der Waals surface area contributed by atoms with E-state index >= 15 is 0 Å². The number of aromatic nitrogens is 1. The Morgan fingerprint density at radius 3 is 2.95 bits per heavy atom. The second-order valence-corrected chi connectivity index (χ2v) is 5.68. The molecule has 0 radical (unpaired) electrons. The molecule has 0 aliphatic rings. The Balaban J connectivity index is 1.69. The summed E-state index contributed by atoms with van der Waals surface area (Å²) < 4.78 is 6.30. The van der Waals surface area contributed by atoms with Gasteiger partial charge in [0.25, 0.3) is 5.91 Å². The van der Waals surface area contributed by atoms with E-state index in [9.17, 15) is 4.79 Å². The fourth-order valence-electron chi connectivity index (χ4n) is 2.04. The van der Waals surface area contributed by atoms with Gasteiger partial charge in [0.05, 0.1) is 16.5 Å². The SMILES string of the molecule is C[C@@H](Cc1ccco1)NC(=O)c1nc2ccccc2s1. The molecule has 0 aliphatic carbocycles. The van der Waals surface area contributed by atoms with Gasteiger partial charge in [-0.2, -0.15) is 0 Å². The third kappa shape index (κ3) is 2.72. The maximum Gasteiger partial charge on any atom is 0.280 e. The molecule has 5 heteroatoms. The molecule has 0 saturated carbocycles. The number of thiazole rings is 1. The van der Waals surface area contributed by atoms with Gasteiger partial charge in [-0.15, -0.1) is 11.3 Å². The summed E-state index contributed by atoms with van der Waals surface area (Å²) in [7, 11) is 0. The van der Waals surface area contributed by atoms with Crippen LogP contribution in [0.4, 0.5) is 0 Å². The Kier molecular flexibility index (Phi) is 3.52. The minimum absolute atomic E-state index is 0.000613. The Morgan fingerprint density at radius 1 is 1.35 bits per heavy atom. The highest BCUT2D eigenvalue weighted by Crippen LogP contribution is 2.21. The monoisotopic (exact) mass is 286 g/mol. The molecule has 20 heavy (non-hydrogen) atoms. The van der Waals surface area contributed by atoms with Crippen LogP contribution in [-0.2, 0) is 6.42 Å². The van der Waals surface area contributed by atoms with Crippen molar-refractivity contribution in [3.63, 3.8) is 0 Å². The summed E-state index contributed by atoms with van der Waals surface area (Å²) in [6, 6.07) is 11.5. The highest BCUT2D eigenvalue weighted by atomic mass is 32.1. The van der Waals surface area contributed by atoms with Crippen molar-refractivity contribution in [2.24, 2.45) is 0 Å². The molecule has 0 fully saturated rings. The van der Waals surface area contributed by atoms with Gasteiger partial charge in [0, 0.05) is 12.5 Å². The van der Waals surface area contributed by atoms with Crippen LogP contribution in [0.15, 0.2) is 47.1 Å². The molecule has 0 unspecified atom stereocenters. The molecule has 0 spiro atoms. The summed E-state index contributed by atoms with van der Waals surface area (Å²) in [4.78, 5) is 16.5. The van der Waals surface area contributed by atoms with Crippen LogP contribution in [-0.4, -0.2) is 16.9 Å². The molecule has 1 N–H and O–H groups in total. The topological polar surface area (TPSA) is 55.1 Å². The first kappa shape index (κ1) is 12.9. The van der Waals surface area contributed by atoms with Crippen LogP contribution in [0.3, 0.4) is 0 Å². The molecule has 0 aliphatic heterocycles. The van der Waals surface area contributed by atoms with Gasteiger partial charge in [0.1, 0.15) is 5.76 Å². The lowest BCUT2D eigenvalue weighted by atomic mass is 10.2. The molecule has 1 aromatic carbocycles. The fraction of sp³-hybridized carbons (Fsp3) is 0.200. The first-order valence-electron chi connectivity index (χ1n) is 6.41. The van der Waals surface area contributed by atoms with Gasteiger partial charge < -0.3 is 9.73 Å². The number of benzene rings is 1. The zero-order valence-corrected chi connectivity index (χ0v) is 11.8. The van der Waals surface area contributed by atoms with E-state index in [0.717, 1.165) is 16.0 Å². The average molecular weight is 286 g/mol. The van der Waals surface area contributed by atoms with Crippen LogP contribution in [0.25, 0.3) is 10.2 Å². The molecule has 2 heterocycles. The number of rotatable bonds is 4. The summed E-state index contributed by atoms with van der Waals surface area (Å²) in [5.41, 5.74) is 0.862. The second-order valence-electron chi connectivity index (χ2n) is 4.64. The lowest BCUT2D eigenvalue weighted by Gasteiger charge is -2.10. The van der Waals surface area contributed by atoms with E-state index in [4.69, 9.17) is 4.42 Å². The van der Waals surface area contributed by atoms with E-state index in [2.05, 4.69) is 10.3 Å². The summed E-state index contributed by atoms with van der Waals surface area (Å²) in [5, 5.41) is 3.44. The molecule has 102 valence electrons. The van der Waals surface area contributed by atoms with Crippen molar-refractivity contribution >= 4 is 27.5 Å². The summed E-state index contributed by atoms with van der Waals surface area (Å²) in [5.74, 6) is 0.729. The molecule has 0 saturated heterocycles. The first-order valence-corrected chi connectivity index (χ1v) is 7.23. The summed E-state index contributed by atoms with van der Waals surface area (Å²) in [6.07, 6.45) is 2.31. The highest BCUT2D eigenvalue weighted by Gasteiger charge is 2.15. The van der Waals surface area contributed by atoms with Gasteiger partial charge >= 0.3 is 0 Å². The number of hydrogen-bond acceptors (Lipinski definition) is 4. The van der Waals surface area contributed by atoms with E-state index in [0.29, 0.717) is 11.4 Å². The second kappa shape index (κ2) is 5.46. The number of amides is 1. The zero-order chi connectivity index (χ0) is 13.9. The number of nitrogens with one attached hydrogen (secondary N) is 1. The van der Waals surface area contributed by atoms with Gasteiger partial charge in [-0.3, -0.25) is 4.79 Å². The van der Waals surface area contributed by atoms with Gasteiger partial charge in [-0.1, -0.05) is 12.1 Å². The third-order valence-electron chi connectivity index (χ3n) is 2.95. The molecule has 4 nitrogen and oxygen atoms in total. The van der Waals surface area contributed by atoms with Crippen molar-refractivity contribution in [3.05, 3.63) is 53.4 Å². The number of hydrogen-bond donors (Lipinski definition) is 1. The predicted molar refractivity (Wildman–Crippen MR) is 79.0 cm³/mol. The number of carbonyl (C=O) groups is 1. The van der Waals surface area contributed by atoms with Gasteiger partial charge in [0.2, 0.25) is 0 Å². The predicted octanol–water partition coefficient (Wildman–Crippen LogP) is 3.25. The van der Waals surface area contributed by atoms with Crippen LogP contribution in [0.5, 0.6) is 0 Å². The molecule has 1 amide bonds. The Morgan fingerprint density at radius 2 is 2.20 bits per heavy atom. The Hall–Kier alpha value is -2.14. The Labute approximate surface area is 120 Å². The van der Waals surface area contributed by atoms with Crippen molar-refractivity contribution in [1.82, 2.24) is 10.3 Å². The van der Waals surface area contributed by atoms with Crippen molar-refractivity contribution < 1.29 is 9.21 Å². The molecular formula is C15H14N2O2S. The van der Waals surface area contributed by atoms with Gasteiger partial charge in [-0.05, 0) is 31.2 Å². The minimum atomic E-state index is -0.134. The van der Waals surface area contributed by atoms with Crippen LogP contribution in [0.2, 0.25) is 0 Å². The fourth-order valence-corrected chi connectivity index (χ4v) is 2.91. The lowest BCUT2D eigenvalue weighted by Crippen LogP contribution is -2.33. The maximum atomic E-state index is 12.2. The summed E-state index contributed by atoms with van der Waals surface area (Å²) >= 11 is 1.41. The lowest BCUT2D eigenvalue weighted by molar-refractivity contribution is 0.0939. The van der Waals surface area contributed by atoms with E-state index < -0.39 is 0 Å². The Bertz CT molecular complexity index is 685. The van der Waals surface area contributed by atoms with Crippen LogP contribution >= 0.6 is 11.3 Å². The molecule has 0 bridgehead atoms. The number of carbonyl (C=O) groups excluding carboxylic acids is 1. The highest BCUT2D eigenvalue weighted by molar-refractivity contribution is 7.20. The number of para-hydroxylation sites is 1. The van der Waals surface area contributed by atoms with Crippen LogP contribution in [0, 0.1) is 0 Å². The molecule has 3 aromatic rings. The number of fused-ring (bicyclic) bond motifs is 1. The van der Waals surface area contributed by atoms with Crippen molar-refractivity contribution in [1.29, 1.82) is 0 Å². The molecule has 3 rings (SSSR count). The molecule has 2 aromatic heterocycles. The normalized spacial score (nSPS) is 12.4. The maximum absolute atomic E-state index is 12.2. The quantitative estimate of drug-likeness (QED) is 0.801. The van der Waals surface area contributed by atoms with Crippen LogP contribution in [0.1, 0.15) is 22.5 Å². The largest absolute Gasteiger partial charge is 0.469 e. The smallest absolute Gasteiger partial charge is 0.280 e. The van der Waals surface area contributed by atoms with Crippen molar-refractivity contribution in [2.75, 3.05) is 0 Å². The number of nitrogens with zero attached hydrogens (tertiary/aromatic N) is 1. The van der Waals surface area contributed by atoms with Crippen molar-refractivity contribution in [2.45, 2.75) is 19.4 Å². The van der Waals surface area contributed by atoms with E-state index in [1.807, 2.05) is 43.3 Å². The van der Waals surface area contributed by atoms with E-state index in [1.165, 1.54) is 11.3 Å². The average Bonchev–Trinajstić information content (AvgIpc) is 3.06. The molecular weight excluding hydrogens is 272 g/mol. The van der Waals surface area contributed by atoms with E-state index in [-0.39, 0.29) is 11.9 Å². The first-order chi connectivity index (χ1) is 9.72. The minimum Gasteiger partial charge on any atom is -0.469 e. The van der Waals surface area contributed by atoms with Crippen LogP contribution < -0.4 is 5.32 Å².